The number of halogens is 1. The maximum Gasteiger partial charge on any atom is 0.257 e. The molecular weight excluding hydrogens is 259 g/mol. The molecule has 106 valence electrons. The van der Waals surface area contributed by atoms with E-state index in [2.05, 4.69) is 15.4 Å². The van der Waals surface area contributed by atoms with Crippen molar-refractivity contribution in [2.75, 3.05) is 0 Å². The molecule has 0 aromatic carbocycles. The summed E-state index contributed by atoms with van der Waals surface area (Å²) in [5, 5.41) is 7.44. The summed E-state index contributed by atoms with van der Waals surface area (Å²) in [5.41, 5.74) is 1.38. The van der Waals surface area contributed by atoms with Crippen molar-refractivity contribution in [1.29, 1.82) is 0 Å². The van der Waals surface area contributed by atoms with Gasteiger partial charge >= 0.3 is 0 Å². The lowest BCUT2D eigenvalue weighted by Gasteiger charge is -2.09. The fraction of sp³-hybridized carbons (Fsp3) is 0.429. The minimum absolute atomic E-state index is 0.0110. The van der Waals surface area contributed by atoms with Crippen LogP contribution in [-0.4, -0.2) is 20.8 Å². The highest BCUT2D eigenvalue weighted by Gasteiger charge is 2.21. The van der Waals surface area contributed by atoms with Gasteiger partial charge in [0.1, 0.15) is 0 Å². The van der Waals surface area contributed by atoms with Crippen LogP contribution in [-0.2, 0) is 13.6 Å². The van der Waals surface area contributed by atoms with E-state index in [9.17, 15) is 4.39 Å². The SMILES string of the molecule is Cc1cc(Oc2nccc(CNC3CC3)c2F)n(C)n1. The molecule has 20 heavy (non-hydrogen) atoms. The van der Waals surface area contributed by atoms with Crippen molar-refractivity contribution in [2.24, 2.45) is 7.05 Å². The van der Waals surface area contributed by atoms with Gasteiger partial charge in [0.2, 0.25) is 5.88 Å². The van der Waals surface area contributed by atoms with E-state index in [1.54, 1.807) is 30.1 Å². The van der Waals surface area contributed by atoms with Crippen molar-refractivity contribution >= 4 is 0 Å². The van der Waals surface area contributed by atoms with Gasteiger partial charge in [-0.05, 0) is 25.8 Å². The number of ether oxygens (including phenoxy) is 1. The largest absolute Gasteiger partial charge is 0.418 e. The van der Waals surface area contributed by atoms with Crippen molar-refractivity contribution in [2.45, 2.75) is 32.4 Å². The number of nitrogens with zero attached hydrogens (tertiary/aromatic N) is 3. The van der Waals surface area contributed by atoms with Crippen molar-refractivity contribution in [3.63, 3.8) is 0 Å². The van der Waals surface area contributed by atoms with Crippen LogP contribution in [0.15, 0.2) is 18.3 Å². The van der Waals surface area contributed by atoms with Gasteiger partial charge in [0, 0.05) is 37.5 Å². The standard InChI is InChI=1S/C14H17FN4O/c1-9-7-12(19(2)18-9)20-14-13(15)10(5-6-16-14)8-17-11-3-4-11/h5-7,11,17H,3-4,8H2,1-2H3. The Labute approximate surface area is 116 Å². The van der Waals surface area contributed by atoms with Gasteiger partial charge in [-0.1, -0.05) is 0 Å². The van der Waals surface area contributed by atoms with E-state index in [1.165, 1.54) is 12.8 Å². The molecule has 6 heteroatoms. The minimum Gasteiger partial charge on any atom is -0.418 e. The maximum atomic E-state index is 14.3. The summed E-state index contributed by atoms with van der Waals surface area (Å²) in [4.78, 5) is 3.96. The summed E-state index contributed by atoms with van der Waals surface area (Å²) in [6.07, 6.45) is 3.90. The predicted molar refractivity (Wildman–Crippen MR) is 72.1 cm³/mol. The van der Waals surface area contributed by atoms with Crippen LogP contribution in [0.5, 0.6) is 11.8 Å². The predicted octanol–water partition coefficient (Wildman–Crippen LogP) is 2.31. The van der Waals surface area contributed by atoms with Crippen LogP contribution in [0.25, 0.3) is 0 Å². The van der Waals surface area contributed by atoms with Gasteiger partial charge in [-0.15, -0.1) is 0 Å². The van der Waals surface area contributed by atoms with E-state index in [-0.39, 0.29) is 5.88 Å². The fourth-order valence-corrected chi connectivity index (χ4v) is 1.99. The molecule has 0 aliphatic heterocycles. The topological polar surface area (TPSA) is 52.0 Å². The molecule has 1 aliphatic carbocycles. The smallest absolute Gasteiger partial charge is 0.257 e. The molecule has 0 unspecified atom stereocenters. The molecule has 1 aliphatic rings. The molecule has 1 N–H and O–H groups in total. The summed E-state index contributed by atoms with van der Waals surface area (Å²) in [5.74, 6) is 0.0452. The number of aromatic nitrogens is 3. The Morgan fingerprint density at radius 3 is 2.95 bits per heavy atom. The Balaban J connectivity index is 1.78. The van der Waals surface area contributed by atoms with Gasteiger partial charge in [0.15, 0.2) is 5.82 Å². The van der Waals surface area contributed by atoms with Crippen LogP contribution in [0.2, 0.25) is 0 Å². The molecule has 0 bridgehead atoms. The first-order valence-electron chi connectivity index (χ1n) is 6.69. The van der Waals surface area contributed by atoms with Crippen molar-refractivity contribution in [1.82, 2.24) is 20.1 Å². The lowest BCUT2D eigenvalue weighted by Crippen LogP contribution is -2.16. The van der Waals surface area contributed by atoms with Crippen LogP contribution in [0, 0.1) is 12.7 Å². The number of aryl methyl sites for hydroxylation is 2. The van der Waals surface area contributed by atoms with E-state index >= 15 is 0 Å². The van der Waals surface area contributed by atoms with Gasteiger partial charge in [-0.25, -0.2) is 14.1 Å². The summed E-state index contributed by atoms with van der Waals surface area (Å²) in [6.45, 7) is 2.35. The third kappa shape index (κ3) is 2.80. The maximum absolute atomic E-state index is 14.3. The Kier molecular flexibility index (Phi) is 3.40. The average molecular weight is 276 g/mol. The molecule has 0 radical (unpaired) electrons. The second-order valence-corrected chi connectivity index (χ2v) is 5.09. The minimum atomic E-state index is -0.417. The molecule has 0 spiro atoms. The fourth-order valence-electron chi connectivity index (χ4n) is 1.99. The lowest BCUT2D eigenvalue weighted by atomic mass is 10.2. The van der Waals surface area contributed by atoms with Gasteiger partial charge in [-0.2, -0.15) is 5.10 Å². The van der Waals surface area contributed by atoms with E-state index in [0.717, 1.165) is 5.69 Å². The highest BCUT2D eigenvalue weighted by molar-refractivity contribution is 5.28. The number of hydrogen-bond donors (Lipinski definition) is 1. The molecule has 2 aromatic heterocycles. The molecule has 2 heterocycles. The van der Waals surface area contributed by atoms with Gasteiger partial charge in [0.05, 0.1) is 5.69 Å². The molecule has 0 atom stereocenters. The summed E-state index contributed by atoms with van der Waals surface area (Å²) < 4.78 is 21.4. The van der Waals surface area contributed by atoms with E-state index in [4.69, 9.17) is 4.74 Å². The lowest BCUT2D eigenvalue weighted by molar-refractivity contribution is 0.384. The summed E-state index contributed by atoms with van der Waals surface area (Å²) in [6, 6.07) is 3.95. The van der Waals surface area contributed by atoms with Crippen molar-refractivity contribution < 1.29 is 9.13 Å². The van der Waals surface area contributed by atoms with Crippen LogP contribution in [0.4, 0.5) is 4.39 Å². The highest BCUT2D eigenvalue weighted by Crippen LogP contribution is 2.25. The number of rotatable bonds is 5. The van der Waals surface area contributed by atoms with Crippen LogP contribution in [0.1, 0.15) is 24.1 Å². The Morgan fingerprint density at radius 1 is 1.50 bits per heavy atom. The van der Waals surface area contributed by atoms with Crippen LogP contribution >= 0.6 is 0 Å². The summed E-state index contributed by atoms with van der Waals surface area (Å²) in [7, 11) is 1.75. The highest BCUT2D eigenvalue weighted by atomic mass is 19.1. The first kappa shape index (κ1) is 13.1. The Bertz CT molecular complexity index is 622. The second-order valence-electron chi connectivity index (χ2n) is 5.09. The molecular formula is C14H17FN4O. The number of pyridine rings is 1. The molecule has 1 saturated carbocycles. The molecule has 1 fully saturated rings. The first-order chi connectivity index (χ1) is 9.63. The molecule has 0 saturated heterocycles. The third-order valence-electron chi connectivity index (χ3n) is 3.26. The van der Waals surface area contributed by atoms with Crippen LogP contribution < -0.4 is 10.1 Å². The Hall–Kier alpha value is -1.95. The average Bonchev–Trinajstić information content (AvgIpc) is 3.17. The van der Waals surface area contributed by atoms with Crippen molar-refractivity contribution in [3.05, 3.63) is 35.4 Å². The van der Waals surface area contributed by atoms with Gasteiger partial charge < -0.3 is 10.1 Å². The second kappa shape index (κ2) is 5.20. The van der Waals surface area contributed by atoms with Crippen molar-refractivity contribution in [3.8, 4) is 11.8 Å². The third-order valence-corrected chi connectivity index (χ3v) is 3.26. The van der Waals surface area contributed by atoms with Crippen LogP contribution in [0.3, 0.4) is 0 Å². The molecule has 2 aromatic rings. The van der Waals surface area contributed by atoms with Gasteiger partial charge in [0.25, 0.3) is 5.88 Å². The quantitative estimate of drug-likeness (QED) is 0.910. The Morgan fingerprint density at radius 2 is 2.30 bits per heavy atom. The molecule has 3 rings (SSSR count). The zero-order valence-electron chi connectivity index (χ0n) is 11.6. The normalized spacial score (nSPS) is 14.6. The van der Waals surface area contributed by atoms with E-state index < -0.39 is 5.82 Å². The van der Waals surface area contributed by atoms with Gasteiger partial charge in [-0.3, -0.25) is 0 Å². The van der Waals surface area contributed by atoms with E-state index in [1.807, 2.05) is 6.92 Å². The monoisotopic (exact) mass is 276 g/mol. The number of hydrogen-bond acceptors (Lipinski definition) is 4. The molecule has 5 nitrogen and oxygen atoms in total. The zero-order valence-corrected chi connectivity index (χ0v) is 11.6. The number of nitrogens with one attached hydrogen (secondary N) is 1. The molecule has 0 amide bonds. The zero-order chi connectivity index (χ0) is 14.1. The summed E-state index contributed by atoms with van der Waals surface area (Å²) >= 11 is 0. The van der Waals surface area contributed by atoms with E-state index in [0.29, 0.717) is 24.0 Å². The first-order valence-corrected chi connectivity index (χ1v) is 6.69.